The molecule has 0 fully saturated rings. The topological polar surface area (TPSA) is 67.3 Å². The second kappa shape index (κ2) is 13.3. The molecule has 1 aromatic heterocycles. The molecule has 5 heteroatoms. The number of aliphatic hydroxyl groups excluding tert-OH is 1. The van der Waals surface area contributed by atoms with E-state index in [4.69, 9.17) is 0 Å². The Kier molecular flexibility index (Phi) is 10.4. The van der Waals surface area contributed by atoms with E-state index in [0.29, 0.717) is 0 Å². The third-order valence-electron chi connectivity index (χ3n) is 7.54. The SMILES string of the molecule is CCC(C)C(=O)/C=C(\O)C(C)CC.Cc1[c-]c(-c2nccc3c4c(ccc23)-c2ccccc2C4=O)cc(C)c1.[Ir]. The number of hydrogen-bond acceptors (Lipinski definition) is 4. The Bertz CT molecular complexity index is 1570. The first-order valence-corrected chi connectivity index (χ1v) is 13.7. The van der Waals surface area contributed by atoms with Crippen LogP contribution in [0.15, 0.2) is 72.6 Å². The largest absolute Gasteiger partial charge is 0.512 e. The van der Waals surface area contributed by atoms with Crippen LogP contribution in [0.5, 0.6) is 0 Å². The van der Waals surface area contributed by atoms with E-state index < -0.39 is 0 Å². The third-order valence-corrected chi connectivity index (χ3v) is 7.54. The summed E-state index contributed by atoms with van der Waals surface area (Å²) in [5.74, 6) is 0.454. The number of carbonyl (C=O) groups is 2. The molecule has 40 heavy (non-hydrogen) atoms. The van der Waals surface area contributed by atoms with Crippen molar-refractivity contribution in [2.24, 2.45) is 11.8 Å². The van der Waals surface area contributed by atoms with Gasteiger partial charge >= 0.3 is 0 Å². The van der Waals surface area contributed by atoms with Gasteiger partial charge in [-0.05, 0) is 46.5 Å². The average molecular weight is 711 g/mol. The van der Waals surface area contributed by atoms with Gasteiger partial charge in [0, 0.05) is 55.3 Å². The van der Waals surface area contributed by atoms with Crippen molar-refractivity contribution in [3.05, 3.63) is 101 Å². The number of aromatic nitrogens is 1. The Labute approximate surface area is 250 Å². The fraction of sp³-hybridized carbons (Fsp3) is 0.286. The Morgan fingerprint density at radius 2 is 1.60 bits per heavy atom. The quantitative estimate of drug-likeness (QED) is 0.109. The van der Waals surface area contributed by atoms with E-state index in [0.717, 1.165) is 62.7 Å². The normalized spacial score (nSPS) is 13.4. The molecule has 1 heterocycles. The number of carbonyl (C=O) groups excluding carboxylic acids is 2. The summed E-state index contributed by atoms with van der Waals surface area (Å²) in [5.41, 5.74) is 7.72. The van der Waals surface area contributed by atoms with Crippen molar-refractivity contribution in [2.75, 3.05) is 0 Å². The molecule has 1 aliphatic rings. The summed E-state index contributed by atoms with van der Waals surface area (Å²) in [5, 5.41) is 11.4. The van der Waals surface area contributed by atoms with Gasteiger partial charge in [-0.15, -0.1) is 34.9 Å². The maximum Gasteiger partial charge on any atom is 0.194 e. The summed E-state index contributed by atoms with van der Waals surface area (Å²) >= 11 is 0. The number of aryl methyl sites for hydroxylation is 2. The van der Waals surface area contributed by atoms with E-state index in [1.54, 1.807) is 6.20 Å². The molecule has 5 rings (SSSR count). The van der Waals surface area contributed by atoms with Crippen molar-refractivity contribution in [1.82, 2.24) is 4.98 Å². The maximum atomic E-state index is 13.0. The van der Waals surface area contributed by atoms with E-state index in [1.807, 2.05) is 65.0 Å². The van der Waals surface area contributed by atoms with Crippen LogP contribution in [0.3, 0.4) is 0 Å². The Morgan fingerprint density at radius 1 is 0.925 bits per heavy atom. The molecule has 1 N–H and O–H groups in total. The molecular formula is C35H36IrNO3-. The van der Waals surface area contributed by atoms with E-state index in [9.17, 15) is 14.7 Å². The molecule has 0 aliphatic heterocycles. The summed E-state index contributed by atoms with van der Waals surface area (Å²) in [6.45, 7) is 11.9. The summed E-state index contributed by atoms with van der Waals surface area (Å²) in [4.78, 5) is 29.0. The van der Waals surface area contributed by atoms with Crippen molar-refractivity contribution in [1.29, 1.82) is 0 Å². The minimum atomic E-state index is 0. The predicted molar refractivity (Wildman–Crippen MR) is 159 cm³/mol. The molecule has 2 unspecified atom stereocenters. The zero-order valence-electron chi connectivity index (χ0n) is 24.0. The number of allylic oxidation sites excluding steroid dienone is 2. The van der Waals surface area contributed by atoms with Crippen molar-refractivity contribution < 1.29 is 34.8 Å². The second-order valence-corrected chi connectivity index (χ2v) is 10.5. The molecule has 0 saturated carbocycles. The monoisotopic (exact) mass is 711 g/mol. The average Bonchev–Trinajstić information content (AvgIpc) is 3.23. The first kappa shape index (κ1) is 31.1. The van der Waals surface area contributed by atoms with Crippen LogP contribution in [-0.2, 0) is 24.9 Å². The number of fused-ring (bicyclic) bond motifs is 5. The Hall–Kier alpha value is -3.40. The number of rotatable bonds is 6. The van der Waals surface area contributed by atoms with Gasteiger partial charge < -0.3 is 10.1 Å². The minimum absolute atomic E-state index is 0. The number of benzene rings is 3. The van der Waals surface area contributed by atoms with Crippen molar-refractivity contribution in [3.8, 4) is 22.4 Å². The van der Waals surface area contributed by atoms with Crippen molar-refractivity contribution >= 4 is 22.3 Å². The minimum Gasteiger partial charge on any atom is -0.512 e. The predicted octanol–water partition coefficient (Wildman–Crippen LogP) is 8.62. The molecule has 3 aromatic carbocycles. The molecular weight excluding hydrogens is 675 g/mol. The van der Waals surface area contributed by atoms with E-state index in [1.165, 1.54) is 11.6 Å². The fourth-order valence-corrected chi connectivity index (χ4v) is 4.85. The van der Waals surface area contributed by atoms with Gasteiger partial charge in [0.2, 0.25) is 0 Å². The first-order chi connectivity index (χ1) is 18.7. The van der Waals surface area contributed by atoms with Gasteiger partial charge in [-0.3, -0.25) is 9.59 Å². The molecule has 4 aromatic rings. The zero-order valence-corrected chi connectivity index (χ0v) is 26.4. The van der Waals surface area contributed by atoms with Crippen molar-refractivity contribution in [3.63, 3.8) is 0 Å². The molecule has 1 radical (unpaired) electrons. The van der Waals surface area contributed by atoms with Gasteiger partial charge in [0.15, 0.2) is 11.6 Å². The van der Waals surface area contributed by atoms with E-state index >= 15 is 0 Å². The van der Waals surface area contributed by atoms with E-state index in [-0.39, 0.29) is 49.3 Å². The van der Waals surface area contributed by atoms with Crippen LogP contribution in [0.2, 0.25) is 0 Å². The van der Waals surface area contributed by atoms with Gasteiger partial charge in [0.05, 0.1) is 5.76 Å². The smallest absolute Gasteiger partial charge is 0.194 e. The van der Waals surface area contributed by atoms with Gasteiger partial charge in [-0.25, -0.2) is 0 Å². The third kappa shape index (κ3) is 6.32. The summed E-state index contributed by atoms with van der Waals surface area (Å²) in [7, 11) is 0. The summed E-state index contributed by atoms with van der Waals surface area (Å²) < 4.78 is 0. The molecule has 0 saturated heterocycles. The zero-order chi connectivity index (χ0) is 28.3. The number of hydrogen-bond donors (Lipinski definition) is 1. The number of aliphatic hydroxyl groups is 1. The van der Waals surface area contributed by atoms with Crippen LogP contribution in [0.4, 0.5) is 0 Å². The van der Waals surface area contributed by atoms with Crippen LogP contribution in [0.1, 0.15) is 67.6 Å². The summed E-state index contributed by atoms with van der Waals surface area (Å²) in [6, 6.07) is 21.5. The fourth-order valence-electron chi connectivity index (χ4n) is 4.85. The van der Waals surface area contributed by atoms with Gasteiger partial charge in [0.1, 0.15) is 0 Å². The van der Waals surface area contributed by atoms with Crippen LogP contribution in [-0.4, -0.2) is 21.7 Å². The number of pyridine rings is 1. The molecule has 1 aliphatic carbocycles. The standard InChI is InChI=1S/C24H16NO.C11H20O2.Ir/c1-14-11-15(2)13-16(12-14)23-20-8-7-18-17-5-3-4-6-21(17)24(26)22(18)19(20)9-10-25-23;1-5-8(3)10(12)7-11(13)9(4)6-2;/h3-12H,1-2H3;7-9,12H,5-6H2,1-4H3;/q-1;;/b;10-7-;. The maximum absolute atomic E-state index is 13.0. The molecule has 4 nitrogen and oxygen atoms in total. The molecule has 0 bridgehead atoms. The number of ketones is 2. The summed E-state index contributed by atoms with van der Waals surface area (Å²) in [6.07, 6.45) is 4.85. The van der Waals surface area contributed by atoms with Crippen molar-refractivity contribution in [2.45, 2.75) is 54.4 Å². The first-order valence-electron chi connectivity index (χ1n) is 13.7. The molecule has 209 valence electrons. The van der Waals surface area contributed by atoms with Crippen LogP contribution in [0, 0.1) is 31.7 Å². The van der Waals surface area contributed by atoms with Crippen LogP contribution in [0.25, 0.3) is 33.2 Å². The van der Waals surface area contributed by atoms with Gasteiger partial charge in [-0.2, -0.15) is 0 Å². The molecule has 0 spiro atoms. The second-order valence-electron chi connectivity index (χ2n) is 10.5. The van der Waals surface area contributed by atoms with E-state index in [2.05, 4.69) is 42.2 Å². The van der Waals surface area contributed by atoms with Crippen LogP contribution < -0.4 is 0 Å². The van der Waals surface area contributed by atoms with Gasteiger partial charge in [0.25, 0.3) is 0 Å². The molecule has 2 atom stereocenters. The van der Waals surface area contributed by atoms with Crippen LogP contribution >= 0.6 is 0 Å². The number of nitrogens with zero attached hydrogens (tertiary/aromatic N) is 1. The Balaban J connectivity index is 0.000000272. The van der Waals surface area contributed by atoms with Gasteiger partial charge in [-0.1, -0.05) is 77.9 Å². The molecule has 0 amide bonds. The Morgan fingerprint density at radius 3 is 2.25 bits per heavy atom.